The molecule has 2 atom stereocenters. The van der Waals surface area contributed by atoms with Gasteiger partial charge in [0.1, 0.15) is 33.8 Å². The Morgan fingerprint density at radius 2 is 1.89 bits per heavy atom. The van der Waals surface area contributed by atoms with Crippen molar-refractivity contribution in [3.8, 4) is 11.4 Å². The Morgan fingerprint density at radius 3 is 2.52 bits per heavy atom. The van der Waals surface area contributed by atoms with Crippen molar-refractivity contribution in [1.29, 1.82) is 0 Å². The molecule has 1 aliphatic heterocycles. The molecule has 1 aromatic carbocycles. The van der Waals surface area contributed by atoms with Gasteiger partial charge in [-0.05, 0) is 34.1 Å². The fourth-order valence-corrected chi connectivity index (χ4v) is 3.69. The molecule has 0 spiro atoms. The molecule has 1 aromatic heterocycles. The Balaban J connectivity index is 1.75. The monoisotopic (exact) mass is 455 g/mol. The number of allylic oxidation sites excluding steroid dienone is 2. The maximum Gasteiger partial charge on any atom is 0.231 e. The second-order valence-corrected chi connectivity index (χ2v) is 7.53. The van der Waals surface area contributed by atoms with Gasteiger partial charge in [-0.1, -0.05) is 11.6 Å². The van der Waals surface area contributed by atoms with Gasteiger partial charge < -0.3 is 20.1 Å². The van der Waals surface area contributed by atoms with Crippen molar-refractivity contribution in [3.05, 3.63) is 50.6 Å². The lowest BCUT2D eigenvalue weighted by molar-refractivity contribution is 0.0572. The zero-order chi connectivity index (χ0) is 19.5. The van der Waals surface area contributed by atoms with E-state index in [0.717, 1.165) is 0 Å². The number of Topliss-reactive ketones (excluding diaryl/α,β-unsaturated/α-hetero) is 2. The van der Waals surface area contributed by atoms with E-state index in [0.29, 0.717) is 5.56 Å². The summed E-state index contributed by atoms with van der Waals surface area (Å²) in [5.74, 6) is -1.60. The zero-order valence-corrected chi connectivity index (χ0v) is 15.9. The molecule has 2 aromatic rings. The summed E-state index contributed by atoms with van der Waals surface area (Å²) >= 11 is 9.18. The summed E-state index contributed by atoms with van der Waals surface area (Å²) in [6, 6.07) is 4.28. The van der Waals surface area contributed by atoms with E-state index in [1.54, 1.807) is 6.07 Å². The largest absolute Gasteiger partial charge is 0.389 e. The van der Waals surface area contributed by atoms with Crippen LogP contribution in [-0.2, 0) is 0 Å². The fourth-order valence-electron chi connectivity index (χ4n) is 3.15. The molecule has 1 fully saturated rings. The van der Waals surface area contributed by atoms with Gasteiger partial charge in [-0.2, -0.15) is 0 Å². The number of hydrogen-bond donors (Lipinski definition) is 3. The van der Waals surface area contributed by atoms with Crippen LogP contribution in [0.25, 0.3) is 11.4 Å². The van der Waals surface area contributed by atoms with E-state index in [-0.39, 0.29) is 45.5 Å². The smallest absolute Gasteiger partial charge is 0.231 e. The zero-order valence-electron chi connectivity index (χ0n) is 13.5. The number of benzene rings is 1. The number of carbonyl (C=O) groups excluding carboxylic acids is 2. The third-order valence-corrected chi connectivity index (χ3v) is 5.53. The van der Waals surface area contributed by atoms with E-state index in [1.807, 2.05) is 0 Å². The summed E-state index contributed by atoms with van der Waals surface area (Å²) < 4.78 is 14.1. The number of hydrogen-bond acceptors (Lipinski definition) is 6. The van der Waals surface area contributed by atoms with Crippen molar-refractivity contribution in [2.45, 2.75) is 12.2 Å². The minimum absolute atomic E-state index is 0.0315. The summed E-state index contributed by atoms with van der Waals surface area (Å²) in [7, 11) is 0. The van der Waals surface area contributed by atoms with E-state index < -0.39 is 29.6 Å². The number of aliphatic hydroxyl groups excluding tert-OH is 2. The number of aliphatic hydroxyl groups is 2. The number of fused-ring (bicyclic) bond motifs is 1. The number of halogens is 3. The predicted octanol–water partition coefficient (Wildman–Crippen LogP) is 1.85. The van der Waals surface area contributed by atoms with E-state index in [1.165, 1.54) is 17.0 Å². The second kappa shape index (κ2) is 6.52. The molecule has 0 saturated carbocycles. The van der Waals surface area contributed by atoms with E-state index in [4.69, 9.17) is 11.6 Å². The Bertz CT molecular complexity index is 1010. The standard InChI is InChI=1S/C17H12BrClFN3O4/c18-7-2-1-6(3-8(7)20)17-21-12-13(22-17)16(27)14(11(19)15(12)26)23-4-9(24)10(25)5-23/h1-3,9-10,24-25H,4-5H2,(H,21,22)/t9-,10-/m0/s1. The highest BCUT2D eigenvalue weighted by atomic mass is 79.9. The number of H-pyrrole nitrogens is 1. The van der Waals surface area contributed by atoms with Crippen LogP contribution in [0, 0.1) is 5.82 Å². The molecule has 3 N–H and O–H groups in total. The first-order valence-electron chi connectivity index (χ1n) is 7.93. The average Bonchev–Trinajstić information content (AvgIpc) is 3.20. The maximum atomic E-state index is 13.8. The molecular formula is C17H12BrClFN3O4. The highest BCUT2D eigenvalue weighted by Gasteiger charge is 2.41. The van der Waals surface area contributed by atoms with Crippen molar-refractivity contribution >= 4 is 39.1 Å². The molecule has 2 aliphatic rings. The highest BCUT2D eigenvalue weighted by Crippen LogP contribution is 2.33. The van der Waals surface area contributed by atoms with Crippen LogP contribution in [0.1, 0.15) is 21.0 Å². The van der Waals surface area contributed by atoms with E-state index in [2.05, 4.69) is 25.9 Å². The number of nitrogens with one attached hydrogen (secondary N) is 1. The molecule has 7 nitrogen and oxygen atoms in total. The highest BCUT2D eigenvalue weighted by molar-refractivity contribution is 9.10. The fraction of sp³-hybridized carbons (Fsp3) is 0.235. The predicted molar refractivity (Wildman–Crippen MR) is 96.8 cm³/mol. The topological polar surface area (TPSA) is 107 Å². The van der Waals surface area contributed by atoms with Crippen LogP contribution in [0.2, 0.25) is 0 Å². The van der Waals surface area contributed by atoms with Gasteiger partial charge in [-0.25, -0.2) is 9.37 Å². The van der Waals surface area contributed by atoms with Crippen molar-refractivity contribution in [2.24, 2.45) is 0 Å². The number of rotatable bonds is 2. The molecule has 10 heteroatoms. The maximum absolute atomic E-state index is 13.8. The third-order valence-electron chi connectivity index (χ3n) is 4.54. The molecule has 0 unspecified atom stereocenters. The SMILES string of the molecule is O=C1C(N2C[C@H](O)[C@@H](O)C2)=C(Cl)C(=O)c2[nH]c(-c3ccc(Br)c(F)c3)nc21. The van der Waals surface area contributed by atoms with Crippen molar-refractivity contribution in [3.63, 3.8) is 0 Å². The minimum Gasteiger partial charge on any atom is -0.389 e. The number of imidazole rings is 1. The Labute approximate surface area is 165 Å². The lowest BCUT2D eigenvalue weighted by atomic mass is 10.0. The molecule has 4 rings (SSSR count). The second-order valence-electron chi connectivity index (χ2n) is 6.30. The van der Waals surface area contributed by atoms with Crippen LogP contribution in [-0.4, -0.2) is 61.9 Å². The van der Waals surface area contributed by atoms with Crippen LogP contribution in [0.5, 0.6) is 0 Å². The van der Waals surface area contributed by atoms with Gasteiger partial charge in [0.2, 0.25) is 11.6 Å². The van der Waals surface area contributed by atoms with Gasteiger partial charge in [0.25, 0.3) is 0 Å². The van der Waals surface area contributed by atoms with Gasteiger partial charge in [0.15, 0.2) is 0 Å². The average molecular weight is 457 g/mol. The molecule has 0 bridgehead atoms. The quantitative estimate of drug-likeness (QED) is 0.637. The number of carbonyl (C=O) groups is 2. The normalized spacial score (nSPS) is 22.6. The molecule has 1 saturated heterocycles. The van der Waals surface area contributed by atoms with E-state index >= 15 is 0 Å². The van der Waals surface area contributed by atoms with Gasteiger partial charge >= 0.3 is 0 Å². The lowest BCUT2D eigenvalue weighted by Crippen LogP contribution is -2.32. The molecular weight excluding hydrogens is 445 g/mol. The minimum atomic E-state index is -1.05. The van der Waals surface area contributed by atoms with Gasteiger partial charge in [-0.15, -0.1) is 0 Å². The number of ketones is 2. The number of β-amino-alcohol motifs (C(OH)–C–C–N with tert-alkyl or cyclic N) is 2. The van der Waals surface area contributed by atoms with Crippen LogP contribution in [0.3, 0.4) is 0 Å². The van der Waals surface area contributed by atoms with Gasteiger partial charge in [0.05, 0.1) is 16.7 Å². The number of nitrogens with zero attached hydrogens (tertiary/aromatic N) is 2. The molecule has 140 valence electrons. The summed E-state index contributed by atoms with van der Waals surface area (Å²) in [5.41, 5.74) is 0.0428. The Hall–Kier alpha value is -2.07. The van der Waals surface area contributed by atoms with Crippen molar-refractivity contribution in [1.82, 2.24) is 14.9 Å². The number of aromatic nitrogens is 2. The van der Waals surface area contributed by atoms with Crippen molar-refractivity contribution in [2.75, 3.05) is 13.1 Å². The lowest BCUT2D eigenvalue weighted by Gasteiger charge is -2.23. The molecule has 0 radical (unpaired) electrons. The van der Waals surface area contributed by atoms with Crippen LogP contribution >= 0.6 is 27.5 Å². The Morgan fingerprint density at radius 1 is 1.22 bits per heavy atom. The summed E-state index contributed by atoms with van der Waals surface area (Å²) in [6.07, 6.45) is -2.10. The van der Waals surface area contributed by atoms with Crippen LogP contribution in [0.15, 0.2) is 33.4 Å². The summed E-state index contributed by atoms with van der Waals surface area (Å²) in [4.78, 5) is 33.8. The van der Waals surface area contributed by atoms with Crippen molar-refractivity contribution < 1.29 is 24.2 Å². The van der Waals surface area contributed by atoms with Gasteiger partial charge in [-0.3, -0.25) is 9.59 Å². The number of aromatic amines is 1. The summed E-state index contributed by atoms with van der Waals surface area (Å²) in [5, 5.41) is 19.1. The first-order valence-corrected chi connectivity index (χ1v) is 9.10. The van der Waals surface area contributed by atoms with E-state index in [9.17, 15) is 24.2 Å². The first kappa shape index (κ1) is 18.3. The molecule has 27 heavy (non-hydrogen) atoms. The number of likely N-dealkylation sites (tertiary alicyclic amines) is 1. The molecule has 1 aliphatic carbocycles. The van der Waals surface area contributed by atoms with Gasteiger partial charge in [0, 0.05) is 18.7 Å². The molecule has 0 amide bonds. The van der Waals surface area contributed by atoms with Crippen LogP contribution < -0.4 is 0 Å². The molecule has 2 heterocycles. The summed E-state index contributed by atoms with van der Waals surface area (Å²) in [6.45, 7) is -0.0629. The third kappa shape index (κ3) is 2.91. The first-order chi connectivity index (χ1) is 12.8. The van der Waals surface area contributed by atoms with Crippen LogP contribution in [0.4, 0.5) is 4.39 Å². The Kier molecular flexibility index (Phi) is 4.42.